The SMILES string of the molecule is CCNC(=NCc1ccccc1OC)NCC1(CO)CC1. The highest BCUT2D eigenvalue weighted by Crippen LogP contribution is 2.44. The molecule has 1 aliphatic carbocycles. The van der Waals surface area contributed by atoms with Crippen molar-refractivity contribution in [1.29, 1.82) is 0 Å². The number of benzene rings is 1. The van der Waals surface area contributed by atoms with Gasteiger partial charge in [-0.05, 0) is 25.8 Å². The van der Waals surface area contributed by atoms with Crippen molar-refractivity contribution in [1.82, 2.24) is 10.6 Å². The standard InChI is InChI=1S/C16H25N3O2/c1-3-17-15(19-11-16(12-20)8-9-16)18-10-13-6-4-5-7-14(13)21-2/h4-7,20H,3,8-12H2,1-2H3,(H2,17,18,19). The normalized spacial score (nSPS) is 16.4. The van der Waals surface area contributed by atoms with Crippen molar-refractivity contribution in [2.75, 3.05) is 26.8 Å². The van der Waals surface area contributed by atoms with E-state index in [2.05, 4.69) is 15.6 Å². The number of aliphatic hydroxyl groups is 1. The van der Waals surface area contributed by atoms with Crippen molar-refractivity contribution >= 4 is 5.96 Å². The predicted molar refractivity (Wildman–Crippen MR) is 84.6 cm³/mol. The zero-order chi connectivity index (χ0) is 15.1. The highest BCUT2D eigenvalue weighted by atomic mass is 16.5. The van der Waals surface area contributed by atoms with E-state index < -0.39 is 0 Å². The van der Waals surface area contributed by atoms with E-state index >= 15 is 0 Å². The molecule has 0 saturated heterocycles. The number of nitrogens with zero attached hydrogens (tertiary/aromatic N) is 1. The molecule has 0 aliphatic heterocycles. The van der Waals surface area contributed by atoms with E-state index in [0.29, 0.717) is 6.54 Å². The number of aliphatic imine (C=N–C) groups is 1. The summed E-state index contributed by atoms with van der Waals surface area (Å²) in [5.74, 6) is 1.63. The summed E-state index contributed by atoms with van der Waals surface area (Å²) in [6, 6.07) is 7.89. The van der Waals surface area contributed by atoms with Gasteiger partial charge in [0, 0.05) is 24.1 Å². The first kappa shape index (κ1) is 15.6. The number of guanidine groups is 1. The minimum atomic E-state index is 0.0701. The molecule has 1 aromatic rings. The van der Waals surface area contributed by atoms with Gasteiger partial charge in [0.05, 0.1) is 20.3 Å². The Morgan fingerprint density at radius 1 is 1.33 bits per heavy atom. The van der Waals surface area contributed by atoms with Crippen LogP contribution in [0.4, 0.5) is 0 Å². The van der Waals surface area contributed by atoms with Crippen molar-refractivity contribution in [3.8, 4) is 5.75 Å². The number of rotatable bonds is 7. The Balaban J connectivity index is 1.96. The van der Waals surface area contributed by atoms with Gasteiger partial charge in [0.1, 0.15) is 5.75 Å². The van der Waals surface area contributed by atoms with E-state index in [-0.39, 0.29) is 12.0 Å². The van der Waals surface area contributed by atoms with E-state index in [0.717, 1.165) is 43.2 Å². The molecule has 5 heteroatoms. The molecule has 1 aliphatic rings. The Hall–Kier alpha value is -1.75. The summed E-state index contributed by atoms with van der Waals surface area (Å²) in [4.78, 5) is 4.59. The quantitative estimate of drug-likeness (QED) is 0.526. The second-order valence-corrected chi connectivity index (χ2v) is 5.52. The molecular formula is C16H25N3O2. The van der Waals surface area contributed by atoms with Crippen LogP contribution in [-0.4, -0.2) is 37.9 Å². The van der Waals surface area contributed by atoms with Gasteiger partial charge < -0.3 is 20.5 Å². The number of methoxy groups -OCH3 is 1. The van der Waals surface area contributed by atoms with E-state index in [4.69, 9.17) is 4.74 Å². The lowest BCUT2D eigenvalue weighted by atomic mass is 10.1. The predicted octanol–water partition coefficient (Wildman–Crippen LogP) is 1.52. The van der Waals surface area contributed by atoms with Crippen molar-refractivity contribution < 1.29 is 9.84 Å². The lowest BCUT2D eigenvalue weighted by Gasteiger charge is -2.16. The highest BCUT2D eigenvalue weighted by Gasteiger charge is 2.41. The van der Waals surface area contributed by atoms with Gasteiger partial charge in [-0.1, -0.05) is 18.2 Å². The summed E-state index contributed by atoms with van der Waals surface area (Å²) in [5.41, 5.74) is 1.13. The highest BCUT2D eigenvalue weighted by molar-refractivity contribution is 5.79. The summed E-state index contributed by atoms with van der Waals surface area (Å²) >= 11 is 0. The third kappa shape index (κ3) is 4.36. The molecule has 0 unspecified atom stereocenters. The van der Waals surface area contributed by atoms with Crippen LogP contribution in [0.15, 0.2) is 29.3 Å². The average molecular weight is 291 g/mol. The number of ether oxygens (including phenoxy) is 1. The molecule has 1 aromatic carbocycles. The van der Waals surface area contributed by atoms with Gasteiger partial charge in [0.2, 0.25) is 0 Å². The van der Waals surface area contributed by atoms with Gasteiger partial charge in [-0.2, -0.15) is 0 Å². The maximum Gasteiger partial charge on any atom is 0.191 e. The minimum absolute atomic E-state index is 0.0701. The van der Waals surface area contributed by atoms with Gasteiger partial charge in [0.15, 0.2) is 5.96 Å². The fourth-order valence-corrected chi connectivity index (χ4v) is 2.18. The van der Waals surface area contributed by atoms with E-state index in [1.165, 1.54) is 0 Å². The third-order valence-electron chi connectivity index (χ3n) is 3.87. The van der Waals surface area contributed by atoms with E-state index in [1.54, 1.807) is 7.11 Å². The molecule has 0 bridgehead atoms. The summed E-state index contributed by atoms with van der Waals surface area (Å²) in [7, 11) is 1.67. The molecule has 116 valence electrons. The van der Waals surface area contributed by atoms with Crippen LogP contribution in [0.25, 0.3) is 0 Å². The smallest absolute Gasteiger partial charge is 0.191 e. The summed E-state index contributed by atoms with van der Waals surface area (Å²) < 4.78 is 5.34. The monoisotopic (exact) mass is 291 g/mol. The summed E-state index contributed by atoms with van der Waals surface area (Å²) in [5, 5.41) is 15.9. The number of para-hydroxylation sites is 1. The molecule has 3 N–H and O–H groups in total. The van der Waals surface area contributed by atoms with Crippen LogP contribution in [0.3, 0.4) is 0 Å². The topological polar surface area (TPSA) is 65.9 Å². The van der Waals surface area contributed by atoms with Crippen LogP contribution in [0.5, 0.6) is 5.75 Å². The molecule has 1 saturated carbocycles. The molecule has 0 heterocycles. The molecule has 2 rings (SSSR count). The van der Waals surface area contributed by atoms with Crippen LogP contribution in [0.1, 0.15) is 25.3 Å². The molecule has 21 heavy (non-hydrogen) atoms. The van der Waals surface area contributed by atoms with Gasteiger partial charge in [-0.3, -0.25) is 0 Å². The number of nitrogens with one attached hydrogen (secondary N) is 2. The van der Waals surface area contributed by atoms with Gasteiger partial charge >= 0.3 is 0 Å². The maximum absolute atomic E-state index is 9.36. The van der Waals surface area contributed by atoms with Crippen LogP contribution < -0.4 is 15.4 Å². The zero-order valence-electron chi connectivity index (χ0n) is 12.9. The van der Waals surface area contributed by atoms with Gasteiger partial charge in [-0.15, -0.1) is 0 Å². The number of hydrogen-bond acceptors (Lipinski definition) is 3. The third-order valence-corrected chi connectivity index (χ3v) is 3.87. The Bertz CT molecular complexity index is 484. The number of hydrogen-bond donors (Lipinski definition) is 3. The van der Waals surface area contributed by atoms with E-state index in [9.17, 15) is 5.11 Å². The van der Waals surface area contributed by atoms with Crippen LogP contribution in [0.2, 0.25) is 0 Å². The molecule has 1 fully saturated rings. The van der Waals surface area contributed by atoms with Crippen LogP contribution in [0, 0.1) is 5.41 Å². The van der Waals surface area contributed by atoms with Crippen LogP contribution in [-0.2, 0) is 6.54 Å². The average Bonchev–Trinajstić information content (AvgIpc) is 3.31. The molecule has 0 amide bonds. The van der Waals surface area contributed by atoms with Crippen molar-refractivity contribution in [3.63, 3.8) is 0 Å². The van der Waals surface area contributed by atoms with Gasteiger partial charge in [0.25, 0.3) is 0 Å². The lowest BCUT2D eigenvalue weighted by molar-refractivity contribution is 0.212. The summed E-state index contributed by atoms with van der Waals surface area (Å²) in [6.07, 6.45) is 2.17. The Morgan fingerprint density at radius 2 is 2.10 bits per heavy atom. The largest absolute Gasteiger partial charge is 0.496 e. The fraction of sp³-hybridized carbons (Fsp3) is 0.562. The molecule has 0 spiro atoms. The Labute approximate surface area is 126 Å². The first-order chi connectivity index (χ1) is 10.2. The van der Waals surface area contributed by atoms with Crippen molar-refractivity contribution in [3.05, 3.63) is 29.8 Å². The fourth-order valence-electron chi connectivity index (χ4n) is 2.18. The second-order valence-electron chi connectivity index (χ2n) is 5.52. The Morgan fingerprint density at radius 3 is 2.71 bits per heavy atom. The lowest BCUT2D eigenvalue weighted by Crippen LogP contribution is -2.41. The molecule has 0 atom stereocenters. The second kappa shape index (κ2) is 7.31. The molecule has 0 aromatic heterocycles. The molecule has 5 nitrogen and oxygen atoms in total. The number of aliphatic hydroxyl groups excluding tert-OH is 1. The first-order valence-corrected chi connectivity index (χ1v) is 7.48. The first-order valence-electron chi connectivity index (χ1n) is 7.48. The molecule has 0 radical (unpaired) electrons. The Kier molecular flexibility index (Phi) is 5.44. The minimum Gasteiger partial charge on any atom is -0.496 e. The summed E-state index contributed by atoms with van der Waals surface area (Å²) in [6.45, 7) is 4.42. The van der Waals surface area contributed by atoms with E-state index in [1.807, 2.05) is 31.2 Å². The maximum atomic E-state index is 9.36. The van der Waals surface area contributed by atoms with Gasteiger partial charge in [-0.25, -0.2) is 4.99 Å². The molecular weight excluding hydrogens is 266 g/mol. The zero-order valence-corrected chi connectivity index (χ0v) is 12.9. The van der Waals surface area contributed by atoms with Crippen molar-refractivity contribution in [2.45, 2.75) is 26.3 Å². The van der Waals surface area contributed by atoms with Crippen molar-refractivity contribution in [2.24, 2.45) is 10.4 Å². The van der Waals surface area contributed by atoms with Crippen LogP contribution >= 0.6 is 0 Å².